The Morgan fingerprint density at radius 1 is 0.938 bits per heavy atom. The van der Waals surface area contributed by atoms with Gasteiger partial charge in [-0.1, -0.05) is 0 Å². The molecule has 0 aromatic carbocycles. The van der Waals surface area contributed by atoms with Gasteiger partial charge in [-0.3, -0.25) is 0 Å². The van der Waals surface area contributed by atoms with Crippen LogP contribution in [0.25, 0.3) is 0 Å². The van der Waals surface area contributed by atoms with Crippen LogP contribution >= 0.6 is 0 Å². The summed E-state index contributed by atoms with van der Waals surface area (Å²) in [6.07, 6.45) is 4.10. The van der Waals surface area contributed by atoms with Crippen LogP contribution < -0.4 is 0 Å². The van der Waals surface area contributed by atoms with Crippen LogP contribution in [0, 0.1) is 0 Å². The fraction of sp³-hybridized carbons (Fsp3) is 0.833. The summed E-state index contributed by atoms with van der Waals surface area (Å²) < 4.78 is 10.9. The maximum Gasteiger partial charge on any atom is 0.183 e. The van der Waals surface area contributed by atoms with Crippen LogP contribution in [-0.2, 0) is 9.47 Å². The normalized spacial score (nSPS) is 28.4. The third kappa shape index (κ3) is 3.22. The lowest BCUT2D eigenvalue weighted by atomic mass is 10.2. The van der Waals surface area contributed by atoms with Crippen molar-refractivity contribution in [1.82, 2.24) is 0 Å². The molecular formula is C12H20N2O2. The number of ether oxygens (including phenoxy) is 2. The molecule has 0 aromatic rings. The zero-order chi connectivity index (χ0) is 11.4. The van der Waals surface area contributed by atoms with Gasteiger partial charge in [0.2, 0.25) is 0 Å². The zero-order valence-electron chi connectivity index (χ0n) is 10.1. The van der Waals surface area contributed by atoms with Gasteiger partial charge in [0.15, 0.2) is 11.8 Å². The minimum atomic E-state index is 0.346. The van der Waals surface area contributed by atoms with E-state index in [1.165, 1.54) is 0 Å². The molecule has 0 spiro atoms. The molecule has 16 heavy (non-hydrogen) atoms. The van der Waals surface area contributed by atoms with Crippen LogP contribution in [-0.4, -0.2) is 37.1 Å². The molecule has 0 N–H and O–H groups in total. The molecule has 0 bridgehead atoms. The molecule has 0 saturated heterocycles. The number of aliphatic imine (C=N–C) groups is 2. The first-order valence-electron chi connectivity index (χ1n) is 6.13. The largest absolute Gasteiger partial charge is 0.479 e. The maximum absolute atomic E-state index is 5.44. The highest BCUT2D eigenvalue weighted by Gasteiger charge is 2.15. The van der Waals surface area contributed by atoms with E-state index in [1.807, 2.05) is 0 Å². The minimum Gasteiger partial charge on any atom is -0.479 e. The molecule has 2 unspecified atom stereocenters. The van der Waals surface area contributed by atoms with E-state index in [0.29, 0.717) is 12.1 Å². The van der Waals surface area contributed by atoms with Crippen molar-refractivity contribution >= 4 is 11.8 Å². The van der Waals surface area contributed by atoms with Crippen molar-refractivity contribution in [1.29, 1.82) is 0 Å². The van der Waals surface area contributed by atoms with Crippen LogP contribution in [0.3, 0.4) is 0 Å². The van der Waals surface area contributed by atoms with E-state index in [9.17, 15) is 0 Å². The minimum absolute atomic E-state index is 0.346. The fourth-order valence-electron chi connectivity index (χ4n) is 1.90. The third-order valence-corrected chi connectivity index (χ3v) is 2.74. The van der Waals surface area contributed by atoms with Gasteiger partial charge in [0.05, 0.1) is 12.1 Å². The maximum atomic E-state index is 5.44. The Kier molecular flexibility index (Phi) is 3.80. The highest BCUT2D eigenvalue weighted by atomic mass is 16.5. The van der Waals surface area contributed by atoms with E-state index in [2.05, 4.69) is 23.8 Å². The van der Waals surface area contributed by atoms with E-state index in [1.54, 1.807) is 0 Å². The Morgan fingerprint density at radius 2 is 1.38 bits per heavy atom. The summed E-state index contributed by atoms with van der Waals surface area (Å²) in [6.45, 7) is 5.66. The van der Waals surface area contributed by atoms with Crippen LogP contribution in [0.1, 0.15) is 39.5 Å². The van der Waals surface area contributed by atoms with Crippen LogP contribution in [0.4, 0.5) is 0 Å². The van der Waals surface area contributed by atoms with Gasteiger partial charge >= 0.3 is 0 Å². The van der Waals surface area contributed by atoms with Gasteiger partial charge in [-0.05, 0) is 26.7 Å². The van der Waals surface area contributed by atoms with Crippen LogP contribution in [0.5, 0.6) is 0 Å². The van der Waals surface area contributed by atoms with E-state index >= 15 is 0 Å². The first-order chi connectivity index (χ1) is 7.74. The average Bonchev–Trinajstić information content (AvgIpc) is 2.83. The first-order valence-corrected chi connectivity index (χ1v) is 6.13. The van der Waals surface area contributed by atoms with Gasteiger partial charge in [0, 0.05) is 12.8 Å². The molecule has 0 saturated carbocycles. The van der Waals surface area contributed by atoms with Crippen molar-refractivity contribution in [3.8, 4) is 0 Å². The number of hydrogen-bond acceptors (Lipinski definition) is 4. The summed E-state index contributed by atoms with van der Waals surface area (Å²) in [5.41, 5.74) is 0. The Bertz CT molecular complexity index is 269. The monoisotopic (exact) mass is 224 g/mol. The average molecular weight is 224 g/mol. The molecule has 0 fully saturated rings. The molecule has 0 radical (unpaired) electrons. The van der Waals surface area contributed by atoms with Gasteiger partial charge in [-0.2, -0.15) is 0 Å². The van der Waals surface area contributed by atoms with E-state index in [-0.39, 0.29) is 0 Å². The lowest BCUT2D eigenvalue weighted by Gasteiger charge is -2.02. The summed E-state index contributed by atoms with van der Waals surface area (Å²) in [7, 11) is 0. The second-order valence-corrected chi connectivity index (χ2v) is 4.57. The highest BCUT2D eigenvalue weighted by molar-refractivity contribution is 5.78. The molecular weight excluding hydrogens is 204 g/mol. The number of hydrogen-bond donors (Lipinski definition) is 0. The molecule has 4 nitrogen and oxygen atoms in total. The van der Waals surface area contributed by atoms with Crippen molar-refractivity contribution < 1.29 is 9.47 Å². The van der Waals surface area contributed by atoms with Crippen molar-refractivity contribution in [2.45, 2.75) is 51.6 Å². The quantitative estimate of drug-likeness (QED) is 0.672. The summed E-state index contributed by atoms with van der Waals surface area (Å²) in [6, 6.07) is 0.691. The Hall–Kier alpha value is -1.06. The SMILES string of the molecule is CC1COC(CCCCC2=NC(C)CO2)=N1. The molecule has 0 amide bonds. The van der Waals surface area contributed by atoms with Crippen molar-refractivity contribution in [3.63, 3.8) is 0 Å². The first kappa shape index (κ1) is 11.4. The molecule has 2 rings (SSSR count). The predicted octanol–water partition coefficient (Wildman–Crippen LogP) is 2.18. The molecule has 4 heteroatoms. The Labute approximate surface area is 96.8 Å². The van der Waals surface area contributed by atoms with Crippen LogP contribution in [0.2, 0.25) is 0 Å². The van der Waals surface area contributed by atoms with Crippen LogP contribution in [0.15, 0.2) is 9.98 Å². The number of nitrogens with zero attached hydrogens (tertiary/aromatic N) is 2. The molecule has 0 aromatic heterocycles. The fourth-order valence-corrected chi connectivity index (χ4v) is 1.90. The molecule has 2 heterocycles. The molecule has 2 aliphatic heterocycles. The Morgan fingerprint density at radius 3 is 1.69 bits per heavy atom. The summed E-state index contributed by atoms with van der Waals surface area (Å²) >= 11 is 0. The summed E-state index contributed by atoms with van der Waals surface area (Å²) in [5, 5.41) is 0. The smallest absolute Gasteiger partial charge is 0.183 e. The molecule has 2 aliphatic rings. The standard InChI is InChI=1S/C12H20N2O2/c1-9-7-15-11(13-9)5-3-4-6-12-14-10(2)8-16-12/h9-10H,3-8H2,1-2H3. The predicted molar refractivity (Wildman–Crippen MR) is 64.2 cm³/mol. The van der Waals surface area contributed by atoms with E-state index in [4.69, 9.17) is 9.47 Å². The zero-order valence-corrected chi connectivity index (χ0v) is 10.1. The van der Waals surface area contributed by atoms with Gasteiger partial charge in [-0.15, -0.1) is 0 Å². The van der Waals surface area contributed by atoms with Crippen molar-refractivity contribution in [2.75, 3.05) is 13.2 Å². The highest BCUT2D eigenvalue weighted by Crippen LogP contribution is 2.13. The second-order valence-electron chi connectivity index (χ2n) is 4.57. The lowest BCUT2D eigenvalue weighted by Crippen LogP contribution is -2.02. The molecule has 0 aliphatic carbocycles. The summed E-state index contributed by atoms with van der Waals surface area (Å²) in [5.74, 6) is 1.85. The number of unbranched alkanes of at least 4 members (excludes halogenated alkanes) is 1. The number of rotatable bonds is 5. The topological polar surface area (TPSA) is 43.2 Å². The van der Waals surface area contributed by atoms with Crippen molar-refractivity contribution in [3.05, 3.63) is 0 Å². The summed E-state index contributed by atoms with van der Waals surface area (Å²) in [4.78, 5) is 8.81. The van der Waals surface area contributed by atoms with Gasteiger partial charge < -0.3 is 9.47 Å². The van der Waals surface area contributed by atoms with E-state index in [0.717, 1.165) is 50.7 Å². The van der Waals surface area contributed by atoms with Gasteiger partial charge in [-0.25, -0.2) is 9.98 Å². The molecule has 90 valence electrons. The third-order valence-electron chi connectivity index (χ3n) is 2.74. The Balaban J connectivity index is 1.59. The lowest BCUT2D eigenvalue weighted by molar-refractivity contribution is 0.310. The van der Waals surface area contributed by atoms with E-state index < -0.39 is 0 Å². The van der Waals surface area contributed by atoms with Crippen molar-refractivity contribution in [2.24, 2.45) is 9.98 Å². The molecule has 2 atom stereocenters. The van der Waals surface area contributed by atoms with Gasteiger partial charge in [0.1, 0.15) is 13.2 Å². The van der Waals surface area contributed by atoms with Gasteiger partial charge in [0.25, 0.3) is 0 Å². The second kappa shape index (κ2) is 5.32.